The molecule has 0 bridgehead atoms. The summed E-state index contributed by atoms with van der Waals surface area (Å²) in [5.74, 6) is 0.251. The lowest BCUT2D eigenvalue weighted by atomic mass is 10.1. The number of ether oxygens (including phenoxy) is 1. The van der Waals surface area contributed by atoms with Crippen molar-refractivity contribution in [3.63, 3.8) is 0 Å². The summed E-state index contributed by atoms with van der Waals surface area (Å²) in [6.07, 6.45) is -2.48. The maximum absolute atomic E-state index is 12.1. The number of alkyl halides is 2. The average molecular weight is 258 g/mol. The second-order valence-electron chi connectivity index (χ2n) is 5.26. The van der Waals surface area contributed by atoms with E-state index in [1.165, 1.54) is 0 Å². The van der Waals surface area contributed by atoms with Crippen LogP contribution in [-0.4, -0.2) is 23.6 Å². The predicted molar refractivity (Wildman–Crippen MR) is 67.1 cm³/mol. The number of aromatic nitrogens is 1. The molecule has 0 saturated carbocycles. The lowest BCUT2D eigenvalue weighted by molar-refractivity contribution is 0.0794. The van der Waals surface area contributed by atoms with Crippen LogP contribution < -0.4 is 10.1 Å². The van der Waals surface area contributed by atoms with E-state index in [0.717, 1.165) is 11.3 Å². The molecular formula is C13H20F2N2O. The minimum Gasteiger partial charge on any atom is -0.472 e. The molecule has 0 aliphatic heterocycles. The molecule has 0 fully saturated rings. The minimum absolute atomic E-state index is 0.00116. The number of pyridine rings is 1. The van der Waals surface area contributed by atoms with Gasteiger partial charge in [0.1, 0.15) is 0 Å². The third-order valence-corrected chi connectivity index (χ3v) is 2.17. The SMILES string of the molecule is Cc1cc(CNC(C)(C)C)cc(OCC(F)F)n1. The first-order chi connectivity index (χ1) is 8.26. The molecule has 3 nitrogen and oxygen atoms in total. The fraction of sp³-hybridized carbons (Fsp3) is 0.615. The first kappa shape index (κ1) is 14.8. The zero-order valence-electron chi connectivity index (χ0n) is 11.3. The number of nitrogens with zero attached hydrogens (tertiary/aromatic N) is 1. The highest BCUT2D eigenvalue weighted by molar-refractivity contribution is 5.24. The Morgan fingerprint density at radius 1 is 1.33 bits per heavy atom. The minimum atomic E-state index is -2.48. The van der Waals surface area contributed by atoms with Crippen LogP contribution in [0.2, 0.25) is 0 Å². The Morgan fingerprint density at radius 3 is 2.56 bits per heavy atom. The highest BCUT2D eigenvalue weighted by Crippen LogP contribution is 2.14. The standard InChI is InChI=1S/C13H20F2N2O/c1-9-5-10(7-16-13(2,3)4)6-12(17-9)18-8-11(14)15/h5-6,11,16H,7-8H2,1-4H3. The van der Waals surface area contributed by atoms with Gasteiger partial charge in [0.25, 0.3) is 6.43 Å². The first-order valence-corrected chi connectivity index (χ1v) is 5.90. The monoisotopic (exact) mass is 258 g/mol. The van der Waals surface area contributed by atoms with Crippen molar-refractivity contribution in [2.24, 2.45) is 0 Å². The molecule has 5 heteroatoms. The fourth-order valence-electron chi connectivity index (χ4n) is 1.40. The normalized spacial score (nSPS) is 11.9. The molecule has 102 valence electrons. The van der Waals surface area contributed by atoms with E-state index in [-0.39, 0.29) is 11.4 Å². The van der Waals surface area contributed by atoms with Crippen molar-refractivity contribution in [2.45, 2.75) is 46.2 Å². The second kappa shape index (κ2) is 6.09. The van der Waals surface area contributed by atoms with E-state index in [1.54, 1.807) is 6.07 Å². The lowest BCUT2D eigenvalue weighted by Gasteiger charge is -2.20. The van der Waals surface area contributed by atoms with Gasteiger partial charge < -0.3 is 10.1 Å². The molecule has 0 amide bonds. The molecule has 1 N–H and O–H groups in total. The van der Waals surface area contributed by atoms with Gasteiger partial charge in [-0.3, -0.25) is 0 Å². The summed E-state index contributed by atoms with van der Waals surface area (Å²) >= 11 is 0. The van der Waals surface area contributed by atoms with Crippen molar-refractivity contribution in [3.8, 4) is 5.88 Å². The zero-order valence-corrected chi connectivity index (χ0v) is 11.3. The number of rotatable bonds is 5. The highest BCUT2D eigenvalue weighted by atomic mass is 19.3. The van der Waals surface area contributed by atoms with Crippen molar-refractivity contribution >= 4 is 0 Å². The molecule has 0 radical (unpaired) electrons. The van der Waals surface area contributed by atoms with Gasteiger partial charge >= 0.3 is 0 Å². The van der Waals surface area contributed by atoms with Gasteiger partial charge in [0.15, 0.2) is 6.61 Å². The third-order valence-electron chi connectivity index (χ3n) is 2.17. The van der Waals surface area contributed by atoms with Gasteiger partial charge in [-0.05, 0) is 39.3 Å². The van der Waals surface area contributed by atoms with Crippen LogP contribution in [0.3, 0.4) is 0 Å². The Labute approximate surface area is 107 Å². The van der Waals surface area contributed by atoms with Crippen LogP contribution in [0.1, 0.15) is 32.0 Å². The van der Waals surface area contributed by atoms with Gasteiger partial charge in [0.2, 0.25) is 5.88 Å². The number of aryl methyl sites for hydroxylation is 1. The van der Waals surface area contributed by atoms with Crippen LogP contribution >= 0.6 is 0 Å². The van der Waals surface area contributed by atoms with Crippen LogP contribution in [0.4, 0.5) is 8.78 Å². The van der Waals surface area contributed by atoms with Crippen molar-refractivity contribution in [2.75, 3.05) is 6.61 Å². The highest BCUT2D eigenvalue weighted by Gasteiger charge is 2.10. The number of nitrogens with one attached hydrogen (secondary N) is 1. The maximum atomic E-state index is 12.1. The Balaban J connectivity index is 2.68. The third kappa shape index (κ3) is 5.91. The largest absolute Gasteiger partial charge is 0.472 e. The molecule has 0 spiro atoms. The Morgan fingerprint density at radius 2 is 2.00 bits per heavy atom. The van der Waals surface area contributed by atoms with Crippen molar-refractivity contribution < 1.29 is 13.5 Å². The molecule has 1 aromatic rings. The van der Waals surface area contributed by atoms with Crippen LogP contribution in [-0.2, 0) is 6.54 Å². The molecule has 0 aliphatic rings. The molecule has 1 aromatic heterocycles. The van der Waals surface area contributed by atoms with E-state index in [2.05, 4.69) is 31.1 Å². The Kier molecular flexibility index (Phi) is 5.02. The Hall–Kier alpha value is -1.23. The quantitative estimate of drug-likeness (QED) is 0.881. The lowest BCUT2D eigenvalue weighted by Crippen LogP contribution is -2.35. The maximum Gasteiger partial charge on any atom is 0.272 e. The van der Waals surface area contributed by atoms with Gasteiger partial charge in [-0.2, -0.15) is 0 Å². The van der Waals surface area contributed by atoms with Crippen LogP contribution in [0.25, 0.3) is 0 Å². The van der Waals surface area contributed by atoms with Gasteiger partial charge in [-0.15, -0.1) is 0 Å². The van der Waals surface area contributed by atoms with E-state index in [0.29, 0.717) is 6.54 Å². The predicted octanol–water partition coefficient (Wildman–Crippen LogP) is 2.92. The zero-order chi connectivity index (χ0) is 13.8. The topological polar surface area (TPSA) is 34.1 Å². The van der Waals surface area contributed by atoms with Crippen molar-refractivity contribution in [1.29, 1.82) is 0 Å². The van der Waals surface area contributed by atoms with E-state index < -0.39 is 13.0 Å². The van der Waals surface area contributed by atoms with Gasteiger partial charge in [0.05, 0.1) is 0 Å². The Bertz CT molecular complexity index is 389. The molecule has 0 atom stereocenters. The van der Waals surface area contributed by atoms with E-state index in [4.69, 9.17) is 4.74 Å². The molecule has 0 saturated heterocycles. The first-order valence-electron chi connectivity index (χ1n) is 5.90. The van der Waals surface area contributed by atoms with Gasteiger partial charge in [-0.1, -0.05) is 0 Å². The summed E-state index contributed by atoms with van der Waals surface area (Å²) < 4.78 is 29.1. The summed E-state index contributed by atoms with van der Waals surface area (Å²) in [6, 6.07) is 3.60. The second-order valence-corrected chi connectivity index (χ2v) is 5.26. The number of hydrogen-bond donors (Lipinski definition) is 1. The number of halogens is 2. The summed E-state index contributed by atoms with van der Waals surface area (Å²) in [5.41, 5.74) is 1.73. The van der Waals surface area contributed by atoms with Crippen LogP contribution in [0.15, 0.2) is 12.1 Å². The van der Waals surface area contributed by atoms with Crippen molar-refractivity contribution in [3.05, 3.63) is 23.4 Å². The van der Waals surface area contributed by atoms with Crippen molar-refractivity contribution in [1.82, 2.24) is 10.3 Å². The smallest absolute Gasteiger partial charge is 0.272 e. The van der Waals surface area contributed by atoms with E-state index in [1.807, 2.05) is 13.0 Å². The van der Waals surface area contributed by atoms with E-state index in [9.17, 15) is 8.78 Å². The summed E-state index contributed by atoms with van der Waals surface area (Å²) in [4.78, 5) is 4.07. The molecule has 18 heavy (non-hydrogen) atoms. The summed E-state index contributed by atoms with van der Waals surface area (Å²) in [5, 5.41) is 3.33. The molecule has 1 rings (SSSR count). The van der Waals surface area contributed by atoms with Crippen LogP contribution in [0, 0.1) is 6.92 Å². The fourth-order valence-corrected chi connectivity index (χ4v) is 1.40. The molecular weight excluding hydrogens is 238 g/mol. The number of hydrogen-bond acceptors (Lipinski definition) is 3. The van der Waals surface area contributed by atoms with Gasteiger partial charge in [-0.25, -0.2) is 13.8 Å². The summed E-state index contributed by atoms with van der Waals surface area (Å²) in [6.45, 7) is 8.04. The van der Waals surface area contributed by atoms with Gasteiger partial charge in [0, 0.05) is 23.8 Å². The van der Waals surface area contributed by atoms with Crippen LogP contribution in [0.5, 0.6) is 5.88 Å². The van der Waals surface area contributed by atoms with E-state index >= 15 is 0 Å². The molecule has 0 aromatic carbocycles. The average Bonchev–Trinajstić information content (AvgIpc) is 2.22. The summed E-state index contributed by atoms with van der Waals surface area (Å²) in [7, 11) is 0. The molecule has 0 aliphatic carbocycles. The molecule has 0 unspecified atom stereocenters. The molecule has 1 heterocycles.